The van der Waals surface area contributed by atoms with Gasteiger partial charge in [-0.3, -0.25) is 9.59 Å². The average Bonchev–Trinajstić information content (AvgIpc) is 3.36. The van der Waals surface area contributed by atoms with Crippen molar-refractivity contribution < 1.29 is 23.9 Å². The van der Waals surface area contributed by atoms with E-state index in [0.717, 1.165) is 49.0 Å². The highest BCUT2D eigenvalue weighted by Crippen LogP contribution is 2.38. The molecule has 1 aromatic rings. The number of amides is 1. The molecule has 3 rings (SSSR count). The zero-order valence-corrected chi connectivity index (χ0v) is 15.4. The van der Waals surface area contributed by atoms with Gasteiger partial charge in [0.25, 0.3) is 5.91 Å². The number of anilines is 1. The maximum absolute atomic E-state index is 12.4. The molecule has 136 valence electrons. The Balaban J connectivity index is 1.76. The lowest BCUT2D eigenvalue weighted by Crippen LogP contribution is -2.30. The Morgan fingerprint density at radius 2 is 1.96 bits per heavy atom. The molecule has 0 aromatic carbocycles. The number of carbonyl (C=O) groups is 3. The van der Waals surface area contributed by atoms with Crippen LogP contribution in [0.25, 0.3) is 0 Å². The molecule has 1 N–H and O–H groups in total. The zero-order valence-electron chi connectivity index (χ0n) is 14.6. The fourth-order valence-corrected chi connectivity index (χ4v) is 4.21. The second-order valence-corrected chi connectivity index (χ2v) is 7.58. The molecule has 1 atom stereocenters. The number of hydrogen-bond donors (Lipinski definition) is 1. The summed E-state index contributed by atoms with van der Waals surface area (Å²) in [6.45, 7) is 3.59. The van der Waals surface area contributed by atoms with Crippen molar-refractivity contribution in [2.24, 2.45) is 5.92 Å². The van der Waals surface area contributed by atoms with Crippen LogP contribution in [0.5, 0.6) is 0 Å². The van der Waals surface area contributed by atoms with Crippen molar-refractivity contribution in [2.75, 3.05) is 11.9 Å². The Bertz CT molecular complexity index is 692. The van der Waals surface area contributed by atoms with Gasteiger partial charge in [0.05, 0.1) is 18.1 Å². The first kappa shape index (κ1) is 17.9. The van der Waals surface area contributed by atoms with Gasteiger partial charge in [-0.1, -0.05) is 0 Å². The van der Waals surface area contributed by atoms with Gasteiger partial charge in [0.15, 0.2) is 6.10 Å². The topological polar surface area (TPSA) is 81.7 Å². The van der Waals surface area contributed by atoms with Gasteiger partial charge in [0.2, 0.25) is 0 Å². The minimum Gasteiger partial charge on any atom is -0.462 e. The largest absolute Gasteiger partial charge is 0.462 e. The number of thiophene rings is 1. The maximum atomic E-state index is 12.4. The van der Waals surface area contributed by atoms with Gasteiger partial charge in [-0.05, 0) is 57.9 Å². The van der Waals surface area contributed by atoms with Gasteiger partial charge in [0, 0.05) is 4.88 Å². The summed E-state index contributed by atoms with van der Waals surface area (Å²) in [7, 11) is 0. The molecule has 0 bridgehead atoms. The number of hydrogen-bond acceptors (Lipinski definition) is 6. The van der Waals surface area contributed by atoms with Gasteiger partial charge in [-0.15, -0.1) is 11.3 Å². The first-order valence-corrected chi connectivity index (χ1v) is 9.66. The quantitative estimate of drug-likeness (QED) is 0.784. The van der Waals surface area contributed by atoms with Crippen LogP contribution in [0.1, 0.15) is 60.3 Å². The predicted octanol–water partition coefficient (Wildman–Crippen LogP) is 3.08. The molecule has 0 saturated heterocycles. The van der Waals surface area contributed by atoms with Crippen LogP contribution in [-0.2, 0) is 31.9 Å². The van der Waals surface area contributed by atoms with Crippen LogP contribution in [0, 0.1) is 5.92 Å². The van der Waals surface area contributed by atoms with Crippen molar-refractivity contribution in [2.45, 2.75) is 58.5 Å². The lowest BCUT2D eigenvalue weighted by atomic mass is 9.95. The third-order valence-electron chi connectivity index (χ3n) is 4.46. The lowest BCUT2D eigenvalue weighted by Gasteiger charge is -2.14. The Kier molecular flexibility index (Phi) is 5.42. The molecule has 1 saturated carbocycles. The van der Waals surface area contributed by atoms with Crippen LogP contribution in [0.2, 0.25) is 0 Å². The highest BCUT2D eigenvalue weighted by atomic mass is 32.1. The van der Waals surface area contributed by atoms with E-state index in [1.807, 2.05) is 0 Å². The standard InChI is InChI=1S/C18H23NO5S/c1-3-23-18(22)14-12-6-4-5-7-13(12)25-16(14)19-15(20)10(2)24-17(21)11-8-9-11/h10-11H,3-9H2,1-2H3,(H,19,20)/t10-/m1/s1. The van der Waals surface area contributed by atoms with Crippen LogP contribution in [0.3, 0.4) is 0 Å². The van der Waals surface area contributed by atoms with E-state index in [4.69, 9.17) is 9.47 Å². The first-order chi connectivity index (χ1) is 12.0. The highest BCUT2D eigenvalue weighted by molar-refractivity contribution is 7.17. The van der Waals surface area contributed by atoms with Crippen LogP contribution >= 0.6 is 11.3 Å². The third-order valence-corrected chi connectivity index (χ3v) is 5.67. The van der Waals surface area contributed by atoms with E-state index in [9.17, 15) is 14.4 Å². The number of carbonyl (C=O) groups excluding carboxylic acids is 3. The summed E-state index contributed by atoms with van der Waals surface area (Å²) in [4.78, 5) is 37.6. The first-order valence-electron chi connectivity index (χ1n) is 8.84. The summed E-state index contributed by atoms with van der Waals surface area (Å²) in [5.74, 6) is -1.20. The molecule has 0 unspecified atom stereocenters. The third kappa shape index (κ3) is 4.03. The summed E-state index contributed by atoms with van der Waals surface area (Å²) >= 11 is 1.43. The molecule has 1 aromatic heterocycles. The second kappa shape index (κ2) is 7.56. The Hall–Kier alpha value is -1.89. The number of fused-ring (bicyclic) bond motifs is 1. The molecule has 25 heavy (non-hydrogen) atoms. The smallest absolute Gasteiger partial charge is 0.341 e. The van der Waals surface area contributed by atoms with Crippen molar-refractivity contribution in [3.63, 3.8) is 0 Å². The number of rotatable bonds is 6. The Morgan fingerprint density at radius 1 is 1.24 bits per heavy atom. The van der Waals surface area contributed by atoms with Crippen LogP contribution in [-0.4, -0.2) is 30.6 Å². The maximum Gasteiger partial charge on any atom is 0.341 e. The molecule has 2 aliphatic rings. The Morgan fingerprint density at radius 3 is 2.64 bits per heavy atom. The molecule has 1 amide bonds. The molecule has 0 spiro atoms. The number of aryl methyl sites for hydroxylation is 1. The summed E-state index contributed by atoms with van der Waals surface area (Å²) in [6, 6.07) is 0. The SMILES string of the molecule is CCOC(=O)c1c(NC(=O)[C@@H](C)OC(=O)C2CC2)sc2c1CCCC2. The fourth-order valence-electron chi connectivity index (χ4n) is 2.93. The van der Waals surface area contributed by atoms with Gasteiger partial charge >= 0.3 is 11.9 Å². The van der Waals surface area contributed by atoms with E-state index in [2.05, 4.69) is 5.32 Å². The monoisotopic (exact) mass is 365 g/mol. The van der Waals surface area contributed by atoms with Crippen molar-refractivity contribution in [3.05, 3.63) is 16.0 Å². The van der Waals surface area contributed by atoms with Crippen molar-refractivity contribution >= 4 is 34.2 Å². The van der Waals surface area contributed by atoms with Gasteiger partial charge in [-0.25, -0.2) is 4.79 Å². The average molecular weight is 365 g/mol. The molecule has 7 heteroatoms. The minimum absolute atomic E-state index is 0.0561. The van der Waals surface area contributed by atoms with E-state index >= 15 is 0 Å². The van der Waals surface area contributed by atoms with Crippen molar-refractivity contribution in [1.29, 1.82) is 0 Å². The van der Waals surface area contributed by atoms with E-state index in [1.54, 1.807) is 13.8 Å². The number of esters is 2. The summed E-state index contributed by atoms with van der Waals surface area (Å²) in [6.07, 6.45) is 4.62. The fraction of sp³-hybridized carbons (Fsp3) is 0.611. The predicted molar refractivity (Wildman–Crippen MR) is 93.8 cm³/mol. The Labute approximate surface area is 150 Å². The van der Waals surface area contributed by atoms with E-state index in [0.29, 0.717) is 10.6 Å². The lowest BCUT2D eigenvalue weighted by molar-refractivity contribution is -0.154. The summed E-state index contributed by atoms with van der Waals surface area (Å²) < 4.78 is 10.4. The minimum atomic E-state index is -0.887. The molecule has 2 aliphatic carbocycles. The molecule has 1 fully saturated rings. The molecule has 1 heterocycles. The normalized spacial score (nSPS) is 17.4. The van der Waals surface area contributed by atoms with E-state index < -0.39 is 18.0 Å². The molecule has 6 nitrogen and oxygen atoms in total. The van der Waals surface area contributed by atoms with Gasteiger partial charge < -0.3 is 14.8 Å². The zero-order chi connectivity index (χ0) is 18.0. The molecular formula is C18H23NO5S. The van der Waals surface area contributed by atoms with Crippen molar-refractivity contribution in [1.82, 2.24) is 0 Å². The van der Waals surface area contributed by atoms with Crippen LogP contribution in [0.4, 0.5) is 5.00 Å². The number of ether oxygens (including phenoxy) is 2. The van der Waals surface area contributed by atoms with Gasteiger partial charge in [-0.2, -0.15) is 0 Å². The van der Waals surface area contributed by atoms with E-state index in [1.165, 1.54) is 11.3 Å². The molecular weight excluding hydrogens is 342 g/mol. The molecule has 0 aliphatic heterocycles. The second-order valence-electron chi connectivity index (χ2n) is 6.48. The summed E-state index contributed by atoms with van der Waals surface area (Å²) in [5, 5.41) is 3.28. The summed E-state index contributed by atoms with van der Waals surface area (Å²) in [5.41, 5.74) is 1.46. The highest BCUT2D eigenvalue weighted by Gasteiger charge is 2.34. The van der Waals surface area contributed by atoms with Crippen LogP contribution < -0.4 is 5.32 Å². The molecule has 0 radical (unpaired) electrons. The van der Waals surface area contributed by atoms with Crippen molar-refractivity contribution in [3.8, 4) is 0 Å². The van der Waals surface area contributed by atoms with E-state index in [-0.39, 0.29) is 18.5 Å². The number of nitrogens with one attached hydrogen (secondary N) is 1. The van der Waals surface area contributed by atoms with Crippen LogP contribution in [0.15, 0.2) is 0 Å². The van der Waals surface area contributed by atoms with Gasteiger partial charge in [0.1, 0.15) is 5.00 Å².